The molecule has 1 aliphatic carbocycles. The number of rotatable bonds is 6. The van der Waals surface area contributed by atoms with Crippen molar-refractivity contribution >= 4 is 12.0 Å². The van der Waals surface area contributed by atoms with Crippen molar-refractivity contribution < 1.29 is 23.5 Å². The average Bonchev–Trinajstić information content (AvgIpc) is 2.67. The van der Waals surface area contributed by atoms with Gasteiger partial charge in [-0.2, -0.15) is 0 Å². The minimum atomic E-state index is -0.511. The van der Waals surface area contributed by atoms with Crippen LogP contribution in [0.3, 0.4) is 0 Å². The fraction of sp³-hybridized carbons (Fsp3) is 0.692. The molecule has 7 heteroatoms. The minimum Gasteiger partial charge on any atom is -0.493 e. The largest absolute Gasteiger partial charge is 0.493 e. The second-order valence-electron chi connectivity index (χ2n) is 11.0. The molecule has 0 radical (unpaired) electrons. The molecule has 1 saturated carbocycles. The van der Waals surface area contributed by atoms with Crippen molar-refractivity contribution in [3.05, 3.63) is 29.6 Å². The van der Waals surface area contributed by atoms with Crippen LogP contribution in [-0.4, -0.2) is 60.2 Å². The standard InChI is InChI=1S/C26H37FN2O4/c1-25(2,3)33-24(31)29-13-9-26(10-14-29)17-19(18-26)6-4-15-32-20-7-8-21(22(27)16-20)23(30)28-11-5-12-28/h7-8,16,19H,4-6,9-15,17-18H2,1-3H3. The van der Waals surface area contributed by atoms with Crippen molar-refractivity contribution in [3.8, 4) is 5.75 Å². The Bertz CT molecular complexity index is 862. The molecule has 1 aromatic carbocycles. The second-order valence-corrected chi connectivity index (χ2v) is 11.0. The Kier molecular flexibility index (Phi) is 6.87. The third-order valence-corrected chi connectivity index (χ3v) is 7.26. The van der Waals surface area contributed by atoms with Gasteiger partial charge in [-0.1, -0.05) is 0 Å². The van der Waals surface area contributed by atoms with Crippen LogP contribution in [0, 0.1) is 17.2 Å². The summed E-state index contributed by atoms with van der Waals surface area (Å²) < 4.78 is 25.6. The van der Waals surface area contributed by atoms with Gasteiger partial charge in [-0.05, 0) is 89.2 Å². The van der Waals surface area contributed by atoms with E-state index in [4.69, 9.17) is 9.47 Å². The van der Waals surface area contributed by atoms with Gasteiger partial charge in [0.15, 0.2) is 0 Å². The summed E-state index contributed by atoms with van der Waals surface area (Å²) in [5.74, 6) is 0.436. The second kappa shape index (κ2) is 9.51. The summed E-state index contributed by atoms with van der Waals surface area (Å²) in [5, 5.41) is 0. The van der Waals surface area contributed by atoms with E-state index in [9.17, 15) is 14.0 Å². The molecule has 3 aliphatic rings. The zero-order valence-electron chi connectivity index (χ0n) is 20.2. The Morgan fingerprint density at radius 3 is 2.36 bits per heavy atom. The summed E-state index contributed by atoms with van der Waals surface area (Å²) in [6, 6.07) is 4.54. The van der Waals surface area contributed by atoms with Gasteiger partial charge >= 0.3 is 6.09 Å². The highest BCUT2D eigenvalue weighted by atomic mass is 19.1. The minimum absolute atomic E-state index is 0.125. The lowest BCUT2D eigenvalue weighted by molar-refractivity contribution is -0.0301. The number of likely N-dealkylation sites (tertiary alicyclic amines) is 2. The van der Waals surface area contributed by atoms with Crippen LogP contribution in [-0.2, 0) is 4.74 Å². The highest BCUT2D eigenvalue weighted by Gasteiger charge is 2.46. The van der Waals surface area contributed by atoms with E-state index in [1.807, 2.05) is 25.7 Å². The first-order valence-electron chi connectivity index (χ1n) is 12.3. The van der Waals surface area contributed by atoms with E-state index >= 15 is 0 Å². The predicted molar refractivity (Wildman–Crippen MR) is 124 cm³/mol. The van der Waals surface area contributed by atoms with Gasteiger partial charge in [0.25, 0.3) is 5.91 Å². The number of carbonyl (C=O) groups excluding carboxylic acids is 2. The molecule has 1 aromatic rings. The first-order valence-corrected chi connectivity index (χ1v) is 12.3. The quantitative estimate of drug-likeness (QED) is 0.544. The van der Waals surface area contributed by atoms with E-state index in [0.29, 0.717) is 36.8 Å². The van der Waals surface area contributed by atoms with Crippen molar-refractivity contribution in [1.29, 1.82) is 0 Å². The van der Waals surface area contributed by atoms with Crippen LogP contribution in [0.5, 0.6) is 5.75 Å². The van der Waals surface area contributed by atoms with Crippen LogP contribution in [0.15, 0.2) is 18.2 Å². The van der Waals surface area contributed by atoms with Crippen molar-refractivity contribution in [2.24, 2.45) is 11.3 Å². The van der Waals surface area contributed by atoms with Crippen LogP contribution in [0.25, 0.3) is 0 Å². The molecule has 182 valence electrons. The topological polar surface area (TPSA) is 59.1 Å². The number of hydrogen-bond donors (Lipinski definition) is 0. The van der Waals surface area contributed by atoms with Crippen molar-refractivity contribution in [2.45, 2.75) is 71.3 Å². The molecule has 2 heterocycles. The van der Waals surface area contributed by atoms with Gasteiger partial charge in [0.05, 0.1) is 12.2 Å². The number of hydrogen-bond acceptors (Lipinski definition) is 4. The SMILES string of the molecule is CC(C)(C)OC(=O)N1CCC2(CC1)CC(CCCOc1ccc(C(=O)N3CCC3)c(F)c1)C2. The highest BCUT2D eigenvalue weighted by Crippen LogP contribution is 2.54. The van der Waals surface area contributed by atoms with Gasteiger partial charge in [-0.3, -0.25) is 4.79 Å². The van der Waals surface area contributed by atoms with E-state index in [1.165, 1.54) is 25.0 Å². The van der Waals surface area contributed by atoms with E-state index in [1.54, 1.807) is 11.0 Å². The summed E-state index contributed by atoms with van der Waals surface area (Å²) in [4.78, 5) is 27.9. The Hall–Kier alpha value is -2.31. The highest BCUT2D eigenvalue weighted by molar-refractivity contribution is 5.95. The maximum absolute atomic E-state index is 14.3. The Morgan fingerprint density at radius 1 is 1.09 bits per heavy atom. The Balaban J connectivity index is 1.13. The first kappa shape index (κ1) is 23.8. The van der Waals surface area contributed by atoms with Gasteiger partial charge < -0.3 is 19.3 Å². The Morgan fingerprint density at radius 2 is 1.79 bits per heavy atom. The summed E-state index contributed by atoms with van der Waals surface area (Å²) in [5.41, 5.74) is 0.0703. The molecule has 33 heavy (non-hydrogen) atoms. The van der Waals surface area contributed by atoms with E-state index in [0.717, 1.165) is 45.2 Å². The van der Waals surface area contributed by atoms with Crippen molar-refractivity contribution in [2.75, 3.05) is 32.8 Å². The van der Waals surface area contributed by atoms with E-state index in [2.05, 4.69) is 0 Å². The van der Waals surface area contributed by atoms with Gasteiger partial charge in [-0.15, -0.1) is 0 Å². The fourth-order valence-electron chi connectivity index (χ4n) is 5.28. The van der Waals surface area contributed by atoms with Crippen LogP contribution in [0.2, 0.25) is 0 Å². The predicted octanol–water partition coefficient (Wildman–Crippen LogP) is 5.26. The zero-order chi connectivity index (χ0) is 23.6. The molecule has 0 unspecified atom stereocenters. The van der Waals surface area contributed by atoms with E-state index < -0.39 is 11.4 Å². The Labute approximate surface area is 196 Å². The average molecular weight is 461 g/mol. The van der Waals surface area contributed by atoms with Crippen LogP contribution >= 0.6 is 0 Å². The molecule has 0 bridgehead atoms. The molecule has 4 rings (SSSR count). The number of nitrogens with zero attached hydrogens (tertiary/aromatic N) is 2. The summed E-state index contributed by atoms with van der Waals surface area (Å²) >= 11 is 0. The maximum Gasteiger partial charge on any atom is 0.410 e. The molecule has 0 N–H and O–H groups in total. The number of benzene rings is 1. The lowest BCUT2D eigenvalue weighted by Crippen LogP contribution is -2.49. The molecule has 3 fully saturated rings. The maximum atomic E-state index is 14.3. The molecule has 1 spiro atoms. The molecular formula is C26H37FN2O4. The lowest BCUT2D eigenvalue weighted by Gasteiger charge is -2.52. The molecule has 6 nitrogen and oxygen atoms in total. The molecule has 0 atom stereocenters. The normalized spacial score (nSPS) is 20.2. The van der Waals surface area contributed by atoms with Gasteiger partial charge in [0.1, 0.15) is 17.2 Å². The molecule has 0 aromatic heterocycles. The smallest absolute Gasteiger partial charge is 0.410 e. The molecule has 2 aliphatic heterocycles. The van der Waals surface area contributed by atoms with Crippen LogP contribution < -0.4 is 4.74 Å². The summed E-state index contributed by atoms with van der Waals surface area (Å²) in [6.07, 6.45) is 7.38. The van der Waals surface area contributed by atoms with Crippen molar-refractivity contribution in [3.63, 3.8) is 0 Å². The lowest BCUT2D eigenvalue weighted by atomic mass is 9.56. The van der Waals surface area contributed by atoms with Crippen LogP contribution in [0.1, 0.15) is 76.1 Å². The molecular weight excluding hydrogens is 423 g/mol. The number of halogens is 1. The van der Waals surface area contributed by atoms with Gasteiger partial charge in [-0.25, -0.2) is 9.18 Å². The number of ether oxygens (including phenoxy) is 2. The van der Waals surface area contributed by atoms with E-state index in [-0.39, 0.29) is 17.6 Å². The van der Waals surface area contributed by atoms with Gasteiger partial charge in [0.2, 0.25) is 0 Å². The third-order valence-electron chi connectivity index (χ3n) is 7.26. The summed E-state index contributed by atoms with van der Waals surface area (Å²) in [7, 11) is 0. The molecule has 2 saturated heterocycles. The summed E-state index contributed by atoms with van der Waals surface area (Å²) in [6.45, 7) is 9.24. The number of amides is 2. The first-order chi connectivity index (χ1) is 15.6. The van der Waals surface area contributed by atoms with Gasteiger partial charge in [0, 0.05) is 32.2 Å². The van der Waals surface area contributed by atoms with Crippen LogP contribution in [0.4, 0.5) is 9.18 Å². The third kappa shape index (κ3) is 5.79. The monoisotopic (exact) mass is 460 g/mol. The number of carbonyl (C=O) groups is 2. The number of piperidine rings is 1. The van der Waals surface area contributed by atoms with Crippen molar-refractivity contribution in [1.82, 2.24) is 9.80 Å². The molecule has 2 amide bonds. The zero-order valence-corrected chi connectivity index (χ0v) is 20.2. The fourth-order valence-corrected chi connectivity index (χ4v) is 5.28.